The fourth-order valence-corrected chi connectivity index (χ4v) is 3.41. The molecule has 1 saturated heterocycles. The minimum Gasteiger partial charge on any atom is -0.378 e. The number of rotatable bonds is 5. The Morgan fingerprint density at radius 3 is 3.00 bits per heavy atom. The maximum absolute atomic E-state index is 12.0. The number of fused-ring (bicyclic) bond motifs is 1. The largest absolute Gasteiger partial charge is 0.378 e. The lowest BCUT2D eigenvalue weighted by Gasteiger charge is -2.27. The Balaban J connectivity index is 0.00000192. The van der Waals surface area contributed by atoms with Crippen LogP contribution < -0.4 is 10.6 Å². The molecule has 0 spiro atoms. The highest BCUT2D eigenvalue weighted by Crippen LogP contribution is 2.22. The number of hydrogen-bond donors (Lipinski definition) is 2. The molecule has 1 amide bonds. The summed E-state index contributed by atoms with van der Waals surface area (Å²) in [6, 6.07) is 8.74. The highest BCUT2D eigenvalue weighted by atomic mass is 35.5. The lowest BCUT2D eigenvalue weighted by molar-refractivity contribution is -0.122. The van der Waals surface area contributed by atoms with Crippen molar-refractivity contribution in [3.8, 4) is 0 Å². The van der Waals surface area contributed by atoms with Crippen LogP contribution in [-0.2, 0) is 16.0 Å². The van der Waals surface area contributed by atoms with E-state index in [1.165, 1.54) is 17.5 Å². The molecule has 128 valence electrons. The quantitative estimate of drug-likeness (QED) is 0.868. The van der Waals surface area contributed by atoms with Crippen LogP contribution in [0, 0.1) is 0 Å². The molecule has 2 heterocycles. The summed E-state index contributed by atoms with van der Waals surface area (Å²) in [6.07, 6.45) is 6.27. The van der Waals surface area contributed by atoms with Crippen LogP contribution in [0.1, 0.15) is 49.3 Å². The number of carbonyl (C=O) groups is 1. The molecule has 1 fully saturated rings. The lowest BCUT2D eigenvalue weighted by Crippen LogP contribution is -2.39. The number of amides is 1. The molecule has 2 aliphatic rings. The fourth-order valence-electron chi connectivity index (χ4n) is 3.41. The first-order valence-electron chi connectivity index (χ1n) is 8.52. The molecule has 3 rings (SSSR count). The maximum Gasteiger partial charge on any atom is 0.220 e. The molecule has 2 unspecified atom stereocenters. The van der Waals surface area contributed by atoms with Crippen LogP contribution >= 0.6 is 12.4 Å². The molecule has 4 nitrogen and oxygen atoms in total. The first-order valence-corrected chi connectivity index (χ1v) is 8.52. The Hall–Kier alpha value is -1.10. The minimum absolute atomic E-state index is 0. The molecule has 23 heavy (non-hydrogen) atoms. The summed E-state index contributed by atoms with van der Waals surface area (Å²) in [5.74, 6) is 0.138. The van der Waals surface area contributed by atoms with E-state index >= 15 is 0 Å². The Kier molecular flexibility index (Phi) is 7.34. The first-order chi connectivity index (χ1) is 10.8. The van der Waals surface area contributed by atoms with Gasteiger partial charge >= 0.3 is 0 Å². The highest BCUT2D eigenvalue weighted by Gasteiger charge is 2.20. The molecule has 2 aliphatic heterocycles. The predicted octanol–water partition coefficient (Wildman–Crippen LogP) is 2.76. The van der Waals surface area contributed by atoms with Crippen LogP contribution in [0.25, 0.3) is 0 Å². The van der Waals surface area contributed by atoms with Crippen molar-refractivity contribution in [3.05, 3.63) is 35.4 Å². The summed E-state index contributed by atoms with van der Waals surface area (Å²) < 4.78 is 5.68. The van der Waals surface area contributed by atoms with Gasteiger partial charge in [-0.2, -0.15) is 0 Å². The molecule has 2 atom stereocenters. The summed E-state index contributed by atoms with van der Waals surface area (Å²) in [5.41, 5.74) is 2.72. The van der Waals surface area contributed by atoms with E-state index in [9.17, 15) is 4.79 Å². The predicted molar refractivity (Wildman–Crippen MR) is 94.0 cm³/mol. The maximum atomic E-state index is 12.0. The highest BCUT2D eigenvalue weighted by molar-refractivity contribution is 5.85. The molecular formula is C18H27ClN2O2. The third-order valence-electron chi connectivity index (χ3n) is 4.69. The van der Waals surface area contributed by atoms with E-state index in [1.807, 2.05) is 0 Å². The van der Waals surface area contributed by atoms with Gasteiger partial charge < -0.3 is 15.4 Å². The number of nitrogens with one attached hydrogen (secondary N) is 2. The van der Waals surface area contributed by atoms with Gasteiger partial charge in [-0.3, -0.25) is 4.79 Å². The molecule has 0 bridgehead atoms. The average molecular weight is 339 g/mol. The summed E-state index contributed by atoms with van der Waals surface area (Å²) in [6.45, 7) is 2.50. The summed E-state index contributed by atoms with van der Waals surface area (Å²) in [5, 5.41) is 6.57. The number of ether oxygens (including phenoxy) is 1. The van der Waals surface area contributed by atoms with Gasteiger partial charge in [0.25, 0.3) is 0 Å². The number of hydrogen-bond acceptors (Lipinski definition) is 3. The zero-order chi connectivity index (χ0) is 15.2. The molecule has 0 radical (unpaired) electrons. The SMILES string of the molecule is Cl.O=C(CCC1CCCCO1)NCC1NCCc2ccccc21. The van der Waals surface area contributed by atoms with E-state index < -0.39 is 0 Å². The molecule has 1 aromatic rings. The van der Waals surface area contributed by atoms with Gasteiger partial charge in [0.2, 0.25) is 5.91 Å². The Labute approximate surface area is 144 Å². The van der Waals surface area contributed by atoms with Crippen molar-refractivity contribution < 1.29 is 9.53 Å². The molecule has 0 aliphatic carbocycles. The van der Waals surface area contributed by atoms with E-state index in [1.54, 1.807) is 0 Å². The van der Waals surface area contributed by atoms with Gasteiger partial charge in [-0.15, -0.1) is 12.4 Å². The summed E-state index contributed by atoms with van der Waals surface area (Å²) >= 11 is 0. The summed E-state index contributed by atoms with van der Waals surface area (Å²) in [4.78, 5) is 12.0. The van der Waals surface area contributed by atoms with E-state index in [2.05, 4.69) is 34.9 Å². The van der Waals surface area contributed by atoms with Gasteiger partial charge in [-0.05, 0) is 49.8 Å². The van der Waals surface area contributed by atoms with E-state index in [0.717, 1.165) is 38.8 Å². The van der Waals surface area contributed by atoms with Crippen LogP contribution in [0.5, 0.6) is 0 Å². The number of halogens is 1. The zero-order valence-electron chi connectivity index (χ0n) is 13.6. The van der Waals surface area contributed by atoms with Crippen LogP contribution in [0.4, 0.5) is 0 Å². The third-order valence-corrected chi connectivity index (χ3v) is 4.69. The van der Waals surface area contributed by atoms with Gasteiger partial charge in [0.1, 0.15) is 0 Å². The number of benzene rings is 1. The molecular weight excluding hydrogens is 312 g/mol. The average Bonchev–Trinajstić information content (AvgIpc) is 2.59. The Morgan fingerprint density at radius 1 is 1.30 bits per heavy atom. The lowest BCUT2D eigenvalue weighted by atomic mass is 9.94. The minimum atomic E-state index is 0. The van der Waals surface area contributed by atoms with Gasteiger partial charge in [0, 0.05) is 25.6 Å². The molecule has 0 aromatic heterocycles. The van der Waals surface area contributed by atoms with Gasteiger partial charge in [0.15, 0.2) is 0 Å². The monoisotopic (exact) mass is 338 g/mol. The molecule has 0 saturated carbocycles. The van der Waals surface area contributed by atoms with Gasteiger partial charge in [-0.1, -0.05) is 24.3 Å². The van der Waals surface area contributed by atoms with E-state index in [4.69, 9.17) is 4.74 Å². The van der Waals surface area contributed by atoms with Crippen LogP contribution in [0.2, 0.25) is 0 Å². The molecule has 5 heteroatoms. The standard InChI is InChI=1S/C18H26N2O2.ClH/c21-18(9-8-15-6-3-4-12-22-15)20-13-17-16-7-2-1-5-14(16)10-11-19-17;/h1-2,5,7,15,17,19H,3-4,6,8-13H2,(H,20,21);1H. The second kappa shape index (κ2) is 9.26. The van der Waals surface area contributed by atoms with Crippen molar-refractivity contribution in [1.82, 2.24) is 10.6 Å². The number of carbonyl (C=O) groups excluding carboxylic acids is 1. The second-order valence-electron chi connectivity index (χ2n) is 6.29. The van der Waals surface area contributed by atoms with Crippen LogP contribution in [-0.4, -0.2) is 31.7 Å². The van der Waals surface area contributed by atoms with Crippen molar-refractivity contribution in [2.75, 3.05) is 19.7 Å². The topological polar surface area (TPSA) is 50.4 Å². The Morgan fingerprint density at radius 2 is 2.17 bits per heavy atom. The van der Waals surface area contributed by atoms with Crippen LogP contribution in [0.3, 0.4) is 0 Å². The first kappa shape index (κ1) is 18.2. The fraction of sp³-hybridized carbons (Fsp3) is 0.611. The molecule has 2 N–H and O–H groups in total. The molecule has 1 aromatic carbocycles. The van der Waals surface area contributed by atoms with E-state index in [-0.39, 0.29) is 30.5 Å². The summed E-state index contributed by atoms with van der Waals surface area (Å²) in [7, 11) is 0. The van der Waals surface area contributed by atoms with E-state index in [0.29, 0.717) is 13.0 Å². The normalized spacial score (nSPS) is 23.5. The smallest absolute Gasteiger partial charge is 0.220 e. The Bertz CT molecular complexity index is 504. The van der Waals surface area contributed by atoms with Crippen LogP contribution in [0.15, 0.2) is 24.3 Å². The van der Waals surface area contributed by atoms with Crippen molar-refractivity contribution >= 4 is 18.3 Å². The van der Waals surface area contributed by atoms with Crippen molar-refractivity contribution in [2.24, 2.45) is 0 Å². The van der Waals surface area contributed by atoms with Gasteiger partial charge in [0.05, 0.1) is 6.10 Å². The van der Waals surface area contributed by atoms with Crippen molar-refractivity contribution in [2.45, 2.75) is 50.7 Å². The second-order valence-corrected chi connectivity index (χ2v) is 6.29. The van der Waals surface area contributed by atoms with Crippen molar-refractivity contribution in [1.29, 1.82) is 0 Å². The third kappa shape index (κ3) is 5.20. The van der Waals surface area contributed by atoms with Crippen molar-refractivity contribution in [3.63, 3.8) is 0 Å². The zero-order valence-corrected chi connectivity index (χ0v) is 14.4. The van der Waals surface area contributed by atoms with Gasteiger partial charge in [-0.25, -0.2) is 0 Å².